The van der Waals surface area contributed by atoms with Crippen molar-refractivity contribution in [3.63, 3.8) is 0 Å². The van der Waals surface area contributed by atoms with Crippen LogP contribution in [0.2, 0.25) is 0 Å². The van der Waals surface area contributed by atoms with E-state index in [9.17, 15) is 14.4 Å². The largest absolute Gasteiger partial charge is 0.493 e. The molecule has 0 spiro atoms. The summed E-state index contributed by atoms with van der Waals surface area (Å²) in [4.78, 5) is 35.4. The lowest BCUT2D eigenvalue weighted by molar-refractivity contribution is -0.128. The zero-order chi connectivity index (χ0) is 22.3. The maximum Gasteiger partial charge on any atom is 0.279 e. The summed E-state index contributed by atoms with van der Waals surface area (Å²) >= 11 is 0. The normalized spacial score (nSPS) is 11.2. The highest BCUT2D eigenvalue weighted by Gasteiger charge is 2.18. The number of primary amides is 1. The third kappa shape index (κ3) is 5.87. The minimum atomic E-state index is -0.829. The van der Waals surface area contributed by atoms with Crippen LogP contribution in [0.5, 0.6) is 17.2 Å². The van der Waals surface area contributed by atoms with Crippen molar-refractivity contribution in [1.82, 2.24) is 10.9 Å². The second kappa shape index (κ2) is 10.1. The number of amides is 3. The fourth-order valence-electron chi connectivity index (χ4n) is 2.46. The molecule has 2 aromatic carbocycles. The molecule has 3 amide bonds. The first-order valence-corrected chi connectivity index (χ1v) is 9.15. The number of nitrogens with two attached hydrogens (primary N) is 1. The number of hydrogen-bond acceptors (Lipinski definition) is 6. The van der Waals surface area contributed by atoms with Crippen molar-refractivity contribution < 1.29 is 28.6 Å². The SMILES string of the molecule is COc1cc(C(=O)NNC(=O)C(C)Oc2cccc(C)c2C)ccc1OCC(N)=O. The molecular weight excluding hydrogens is 390 g/mol. The molecule has 0 fully saturated rings. The summed E-state index contributed by atoms with van der Waals surface area (Å²) in [6.45, 7) is 5.11. The molecule has 9 nitrogen and oxygen atoms in total. The van der Waals surface area contributed by atoms with E-state index in [2.05, 4.69) is 10.9 Å². The Morgan fingerprint density at radius 3 is 2.43 bits per heavy atom. The number of hydrogen-bond donors (Lipinski definition) is 3. The Morgan fingerprint density at radius 1 is 1.03 bits per heavy atom. The molecule has 2 aromatic rings. The van der Waals surface area contributed by atoms with Gasteiger partial charge in [0.25, 0.3) is 17.7 Å². The van der Waals surface area contributed by atoms with Gasteiger partial charge >= 0.3 is 0 Å². The Bertz CT molecular complexity index is 944. The average Bonchev–Trinajstić information content (AvgIpc) is 2.73. The Balaban J connectivity index is 1.96. The van der Waals surface area contributed by atoms with E-state index in [1.54, 1.807) is 13.0 Å². The number of carbonyl (C=O) groups excluding carboxylic acids is 3. The molecule has 160 valence electrons. The van der Waals surface area contributed by atoms with Gasteiger partial charge in [0.15, 0.2) is 24.2 Å². The van der Waals surface area contributed by atoms with Crippen molar-refractivity contribution in [3.8, 4) is 17.2 Å². The van der Waals surface area contributed by atoms with E-state index < -0.39 is 23.8 Å². The minimum absolute atomic E-state index is 0.210. The summed E-state index contributed by atoms with van der Waals surface area (Å²) in [6.07, 6.45) is -0.829. The van der Waals surface area contributed by atoms with E-state index in [0.717, 1.165) is 11.1 Å². The first-order chi connectivity index (χ1) is 14.2. The van der Waals surface area contributed by atoms with Gasteiger partial charge in [-0.05, 0) is 56.2 Å². The van der Waals surface area contributed by atoms with E-state index in [-0.39, 0.29) is 23.7 Å². The Kier molecular flexibility index (Phi) is 7.62. The molecule has 0 aromatic heterocycles. The number of methoxy groups -OCH3 is 1. The van der Waals surface area contributed by atoms with Crippen LogP contribution in [-0.4, -0.2) is 37.5 Å². The van der Waals surface area contributed by atoms with E-state index in [1.165, 1.54) is 25.3 Å². The summed E-state index contributed by atoms with van der Waals surface area (Å²) in [6, 6.07) is 9.90. The highest BCUT2D eigenvalue weighted by Crippen LogP contribution is 2.28. The molecule has 0 aliphatic carbocycles. The summed E-state index contributed by atoms with van der Waals surface area (Å²) in [5, 5.41) is 0. The summed E-state index contributed by atoms with van der Waals surface area (Å²) in [5.74, 6) is -0.631. The van der Waals surface area contributed by atoms with E-state index in [1.807, 2.05) is 26.0 Å². The third-order valence-corrected chi connectivity index (χ3v) is 4.32. The quantitative estimate of drug-likeness (QED) is 0.559. The highest BCUT2D eigenvalue weighted by atomic mass is 16.5. The number of carbonyl (C=O) groups is 3. The van der Waals surface area contributed by atoms with Crippen LogP contribution in [0.3, 0.4) is 0 Å². The van der Waals surface area contributed by atoms with E-state index >= 15 is 0 Å². The molecule has 0 aliphatic rings. The molecule has 0 radical (unpaired) electrons. The van der Waals surface area contributed by atoms with Crippen LogP contribution < -0.4 is 30.8 Å². The van der Waals surface area contributed by atoms with Crippen molar-refractivity contribution in [2.75, 3.05) is 13.7 Å². The molecule has 2 rings (SSSR count). The monoisotopic (exact) mass is 415 g/mol. The number of nitrogens with one attached hydrogen (secondary N) is 2. The van der Waals surface area contributed by atoms with Gasteiger partial charge in [-0.3, -0.25) is 25.2 Å². The van der Waals surface area contributed by atoms with Crippen molar-refractivity contribution in [2.24, 2.45) is 5.73 Å². The van der Waals surface area contributed by atoms with Gasteiger partial charge in [-0.1, -0.05) is 12.1 Å². The molecule has 4 N–H and O–H groups in total. The molecule has 0 saturated heterocycles. The molecule has 1 atom stereocenters. The highest BCUT2D eigenvalue weighted by molar-refractivity contribution is 5.96. The van der Waals surface area contributed by atoms with Crippen LogP contribution in [0.15, 0.2) is 36.4 Å². The van der Waals surface area contributed by atoms with E-state index in [0.29, 0.717) is 5.75 Å². The summed E-state index contributed by atoms with van der Waals surface area (Å²) < 4.78 is 16.1. The lowest BCUT2D eigenvalue weighted by Crippen LogP contribution is -2.47. The molecule has 0 heterocycles. The summed E-state index contributed by atoms with van der Waals surface area (Å²) in [7, 11) is 1.39. The molecule has 0 bridgehead atoms. The zero-order valence-electron chi connectivity index (χ0n) is 17.3. The molecular formula is C21H25N3O6. The smallest absolute Gasteiger partial charge is 0.279 e. The number of aryl methyl sites for hydroxylation is 1. The Hall–Kier alpha value is -3.75. The predicted octanol–water partition coefficient (Wildman–Crippen LogP) is 1.40. The second-order valence-electron chi connectivity index (χ2n) is 6.52. The van der Waals surface area contributed by atoms with Crippen LogP contribution in [0, 0.1) is 13.8 Å². The molecule has 9 heteroatoms. The number of hydrazine groups is 1. The number of ether oxygens (including phenoxy) is 3. The van der Waals surface area contributed by atoms with Crippen LogP contribution in [0.4, 0.5) is 0 Å². The Labute approximate surface area is 174 Å². The maximum absolute atomic E-state index is 12.3. The lowest BCUT2D eigenvalue weighted by Gasteiger charge is -2.17. The average molecular weight is 415 g/mol. The van der Waals surface area contributed by atoms with Gasteiger partial charge in [0.2, 0.25) is 0 Å². The van der Waals surface area contributed by atoms with Gasteiger partial charge in [0.05, 0.1) is 7.11 Å². The van der Waals surface area contributed by atoms with Crippen LogP contribution in [0.1, 0.15) is 28.4 Å². The van der Waals surface area contributed by atoms with Gasteiger partial charge in [0, 0.05) is 5.56 Å². The van der Waals surface area contributed by atoms with Crippen LogP contribution >= 0.6 is 0 Å². The lowest BCUT2D eigenvalue weighted by atomic mass is 10.1. The third-order valence-electron chi connectivity index (χ3n) is 4.32. The first-order valence-electron chi connectivity index (χ1n) is 9.15. The van der Waals surface area contributed by atoms with Crippen LogP contribution in [-0.2, 0) is 9.59 Å². The van der Waals surface area contributed by atoms with Gasteiger partial charge in [-0.25, -0.2) is 0 Å². The number of rotatable bonds is 8. The zero-order valence-corrected chi connectivity index (χ0v) is 17.3. The minimum Gasteiger partial charge on any atom is -0.493 e. The number of benzene rings is 2. The standard InChI is InChI=1S/C21H25N3O6/c1-12-6-5-7-16(13(12)2)30-14(3)20(26)23-24-21(27)15-8-9-17(18(10-15)28-4)29-11-19(22)25/h5-10,14H,11H2,1-4H3,(H2,22,25)(H,23,26)(H,24,27). The van der Waals surface area contributed by atoms with Gasteiger partial charge in [0.1, 0.15) is 5.75 Å². The van der Waals surface area contributed by atoms with Gasteiger partial charge in [-0.15, -0.1) is 0 Å². The Morgan fingerprint density at radius 2 is 1.77 bits per heavy atom. The fraction of sp³-hybridized carbons (Fsp3) is 0.286. The van der Waals surface area contributed by atoms with Gasteiger partial charge < -0.3 is 19.9 Å². The topological polar surface area (TPSA) is 129 Å². The molecule has 30 heavy (non-hydrogen) atoms. The molecule has 1 unspecified atom stereocenters. The van der Waals surface area contributed by atoms with Gasteiger partial charge in [-0.2, -0.15) is 0 Å². The van der Waals surface area contributed by atoms with Crippen molar-refractivity contribution in [3.05, 3.63) is 53.1 Å². The maximum atomic E-state index is 12.3. The second-order valence-corrected chi connectivity index (χ2v) is 6.52. The first kappa shape index (κ1) is 22.5. The predicted molar refractivity (Wildman–Crippen MR) is 109 cm³/mol. The molecule has 0 aliphatic heterocycles. The van der Waals surface area contributed by atoms with E-state index in [4.69, 9.17) is 19.9 Å². The van der Waals surface area contributed by atoms with Crippen molar-refractivity contribution in [1.29, 1.82) is 0 Å². The van der Waals surface area contributed by atoms with Crippen molar-refractivity contribution >= 4 is 17.7 Å². The fourth-order valence-corrected chi connectivity index (χ4v) is 2.46. The van der Waals surface area contributed by atoms with Crippen molar-refractivity contribution in [2.45, 2.75) is 26.9 Å². The van der Waals surface area contributed by atoms with Crippen LogP contribution in [0.25, 0.3) is 0 Å². The summed E-state index contributed by atoms with van der Waals surface area (Å²) in [5.41, 5.74) is 11.9. The molecule has 0 saturated carbocycles.